The standard InChI is InChI=1S/C14H2Br8O9S2/c15-3-1(11(32(25,26)27)9(21)7(19)5(3)17)13(23)31-14(24)2-4(16)6(18)8(20)10(22)12(2)33(28,29)30/h(H,25,26,27)(H,28,29,30). The van der Waals surface area contributed by atoms with Gasteiger partial charge >= 0.3 is 11.9 Å². The Morgan fingerprint density at radius 1 is 0.515 bits per heavy atom. The summed E-state index contributed by atoms with van der Waals surface area (Å²) in [5.41, 5.74) is -1.57. The Labute approximate surface area is 253 Å². The van der Waals surface area contributed by atoms with Crippen molar-refractivity contribution in [3.05, 3.63) is 46.9 Å². The highest BCUT2D eigenvalue weighted by Crippen LogP contribution is 2.46. The third-order valence-electron chi connectivity index (χ3n) is 3.56. The summed E-state index contributed by atoms with van der Waals surface area (Å²) in [5, 5.41) is 0. The predicted molar refractivity (Wildman–Crippen MR) is 144 cm³/mol. The molecule has 2 N–H and O–H groups in total. The molecule has 33 heavy (non-hydrogen) atoms. The van der Waals surface area contributed by atoms with Gasteiger partial charge in [-0.25, -0.2) is 9.59 Å². The number of rotatable bonds is 4. The summed E-state index contributed by atoms with van der Waals surface area (Å²) < 4.78 is 71.3. The summed E-state index contributed by atoms with van der Waals surface area (Å²) in [6.07, 6.45) is 0. The molecule has 180 valence electrons. The summed E-state index contributed by atoms with van der Waals surface area (Å²) in [6, 6.07) is 0. The van der Waals surface area contributed by atoms with Gasteiger partial charge in [-0.3, -0.25) is 9.11 Å². The van der Waals surface area contributed by atoms with E-state index in [0.29, 0.717) is 0 Å². The van der Waals surface area contributed by atoms with Crippen molar-refractivity contribution in [2.75, 3.05) is 0 Å². The highest BCUT2D eigenvalue weighted by Gasteiger charge is 2.36. The van der Waals surface area contributed by atoms with Crippen LogP contribution in [-0.2, 0) is 25.0 Å². The Kier molecular flexibility index (Phi) is 10.1. The molecule has 0 fully saturated rings. The average Bonchev–Trinajstić information content (AvgIpc) is 2.67. The van der Waals surface area contributed by atoms with Crippen LogP contribution in [0.25, 0.3) is 0 Å². The predicted octanol–water partition coefficient (Wildman–Crippen LogP) is 7.28. The van der Waals surface area contributed by atoms with Crippen LogP contribution in [0.1, 0.15) is 20.7 Å². The molecular formula is C14H2Br8O9S2. The molecule has 0 saturated heterocycles. The SMILES string of the molecule is O=C(OC(=O)c1c(Br)c(Br)c(Br)c(Br)c1S(=O)(=O)O)c1c(Br)c(Br)c(Br)c(Br)c1S(=O)(=O)O. The van der Waals surface area contributed by atoms with Crippen molar-refractivity contribution in [1.82, 2.24) is 0 Å². The van der Waals surface area contributed by atoms with E-state index in [2.05, 4.69) is 127 Å². The summed E-state index contributed by atoms with van der Waals surface area (Å²) >= 11 is 24.2. The molecular weight excluding hydrogens is 1020 g/mol. The zero-order valence-electron chi connectivity index (χ0n) is 14.6. The van der Waals surface area contributed by atoms with Gasteiger partial charge in [-0.15, -0.1) is 0 Å². The molecule has 0 spiro atoms. The monoisotopic (exact) mass is 1010 g/mol. The number of ether oxygens (including phenoxy) is 1. The van der Waals surface area contributed by atoms with Crippen LogP contribution in [0, 0.1) is 0 Å². The smallest absolute Gasteiger partial charge is 0.348 e. The van der Waals surface area contributed by atoms with Gasteiger partial charge in [-0.2, -0.15) is 16.8 Å². The molecule has 0 unspecified atom stereocenters. The van der Waals surface area contributed by atoms with Crippen LogP contribution in [-0.4, -0.2) is 37.9 Å². The number of halogens is 8. The van der Waals surface area contributed by atoms with E-state index in [4.69, 9.17) is 4.74 Å². The van der Waals surface area contributed by atoms with Crippen molar-refractivity contribution in [3.8, 4) is 0 Å². The molecule has 0 aliphatic rings. The van der Waals surface area contributed by atoms with Crippen molar-refractivity contribution in [2.24, 2.45) is 0 Å². The van der Waals surface area contributed by atoms with Gasteiger partial charge in [0.25, 0.3) is 20.2 Å². The maximum Gasteiger partial charge on any atom is 0.348 e. The zero-order chi connectivity index (χ0) is 25.8. The molecule has 0 aliphatic carbocycles. The van der Waals surface area contributed by atoms with Gasteiger partial charge in [0.2, 0.25) is 0 Å². The van der Waals surface area contributed by atoms with Crippen LogP contribution in [0.2, 0.25) is 0 Å². The number of hydrogen-bond acceptors (Lipinski definition) is 7. The van der Waals surface area contributed by atoms with E-state index in [1.807, 2.05) is 0 Å². The molecule has 9 nitrogen and oxygen atoms in total. The van der Waals surface area contributed by atoms with Crippen molar-refractivity contribution < 1.29 is 40.3 Å². The number of hydrogen-bond donors (Lipinski definition) is 2. The first-order valence-corrected chi connectivity index (χ1v) is 16.5. The summed E-state index contributed by atoms with van der Waals surface area (Å²) in [6.45, 7) is 0. The van der Waals surface area contributed by atoms with Crippen molar-refractivity contribution >= 4 is 160 Å². The number of benzene rings is 2. The van der Waals surface area contributed by atoms with E-state index in [1.165, 1.54) is 0 Å². The summed E-state index contributed by atoms with van der Waals surface area (Å²) in [7, 11) is -10.1. The van der Waals surface area contributed by atoms with Gasteiger partial charge in [0.05, 0.1) is 20.1 Å². The van der Waals surface area contributed by atoms with Crippen molar-refractivity contribution in [1.29, 1.82) is 0 Å². The Hall–Kier alpha value is 1.24. The third-order valence-corrected chi connectivity index (χ3v) is 15.5. The Balaban J connectivity index is 2.80. The van der Waals surface area contributed by atoms with Crippen LogP contribution in [0.5, 0.6) is 0 Å². The minimum atomic E-state index is -5.04. The van der Waals surface area contributed by atoms with Crippen LogP contribution < -0.4 is 0 Å². The van der Waals surface area contributed by atoms with Gasteiger partial charge in [0.15, 0.2) is 0 Å². The van der Waals surface area contributed by atoms with Gasteiger partial charge in [0.1, 0.15) is 9.79 Å². The van der Waals surface area contributed by atoms with E-state index in [9.17, 15) is 35.5 Å². The minimum Gasteiger partial charge on any atom is -0.386 e. The third kappa shape index (κ3) is 6.05. The molecule has 0 radical (unpaired) electrons. The normalized spacial score (nSPS) is 12.1. The first-order valence-electron chi connectivity index (χ1n) is 7.27. The van der Waals surface area contributed by atoms with Crippen LogP contribution in [0.4, 0.5) is 0 Å². The highest BCUT2D eigenvalue weighted by molar-refractivity contribution is 9.15. The molecule has 0 bridgehead atoms. The fourth-order valence-electron chi connectivity index (χ4n) is 2.26. The molecule has 0 heterocycles. The van der Waals surface area contributed by atoms with Crippen molar-refractivity contribution in [2.45, 2.75) is 9.79 Å². The molecule has 2 rings (SSSR count). The van der Waals surface area contributed by atoms with Crippen molar-refractivity contribution in [3.63, 3.8) is 0 Å². The first kappa shape index (κ1) is 30.5. The number of carbonyl (C=O) groups excluding carboxylic acids is 2. The molecule has 0 atom stereocenters. The molecule has 2 aromatic rings. The van der Waals surface area contributed by atoms with Crippen LogP contribution >= 0.6 is 127 Å². The van der Waals surface area contributed by atoms with Gasteiger partial charge in [0, 0.05) is 26.8 Å². The first-order chi connectivity index (χ1) is 14.8. The lowest BCUT2D eigenvalue weighted by atomic mass is 10.2. The van der Waals surface area contributed by atoms with Gasteiger partial charge in [-0.05, 0) is 127 Å². The fourth-order valence-corrected chi connectivity index (χ4v) is 10.1. The quantitative estimate of drug-likeness (QED) is 0.106. The summed E-state index contributed by atoms with van der Waals surface area (Å²) in [4.78, 5) is 23.9. The molecule has 0 aromatic heterocycles. The largest absolute Gasteiger partial charge is 0.386 e. The van der Waals surface area contributed by atoms with Gasteiger partial charge < -0.3 is 4.74 Å². The second kappa shape index (κ2) is 10.9. The molecule has 19 heteroatoms. The highest BCUT2D eigenvalue weighted by atomic mass is 79.9. The molecule has 0 amide bonds. The van der Waals surface area contributed by atoms with E-state index >= 15 is 0 Å². The van der Waals surface area contributed by atoms with Crippen LogP contribution in [0.15, 0.2) is 45.6 Å². The van der Waals surface area contributed by atoms with E-state index in [0.717, 1.165) is 0 Å². The average molecular weight is 1020 g/mol. The lowest BCUT2D eigenvalue weighted by Gasteiger charge is -2.16. The Bertz CT molecular complexity index is 1340. The van der Waals surface area contributed by atoms with E-state index in [1.54, 1.807) is 0 Å². The second-order valence-electron chi connectivity index (χ2n) is 5.55. The molecule has 0 saturated carbocycles. The lowest BCUT2D eigenvalue weighted by Crippen LogP contribution is -2.20. The zero-order valence-corrected chi connectivity index (χ0v) is 28.9. The fraction of sp³-hybridized carbons (Fsp3) is 0. The Morgan fingerprint density at radius 3 is 1.00 bits per heavy atom. The van der Waals surface area contributed by atoms with Crippen LogP contribution in [0.3, 0.4) is 0 Å². The minimum absolute atomic E-state index is 0.0991. The maximum atomic E-state index is 12.9. The second-order valence-corrected chi connectivity index (χ2v) is 14.6. The van der Waals surface area contributed by atoms with E-state index in [-0.39, 0.29) is 35.8 Å². The topological polar surface area (TPSA) is 152 Å². The number of carbonyl (C=O) groups is 2. The molecule has 2 aromatic carbocycles. The molecule has 0 aliphatic heterocycles. The van der Waals surface area contributed by atoms with Gasteiger partial charge in [-0.1, -0.05) is 0 Å². The Morgan fingerprint density at radius 2 is 0.758 bits per heavy atom. The van der Waals surface area contributed by atoms with E-state index < -0.39 is 53.1 Å². The number of esters is 2. The maximum absolute atomic E-state index is 12.9. The lowest BCUT2D eigenvalue weighted by molar-refractivity contribution is 0.0389. The summed E-state index contributed by atoms with van der Waals surface area (Å²) in [5.74, 6) is -3.14.